The third kappa shape index (κ3) is 5.29. The molecular weight excluding hydrogens is 606 g/mol. The molecule has 0 aliphatic carbocycles. The van der Waals surface area contributed by atoms with Crippen LogP contribution in [0.3, 0.4) is 0 Å². The van der Waals surface area contributed by atoms with E-state index in [1.54, 1.807) is 4.57 Å². The lowest BCUT2D eigenvalue weighted by Crippen LogP contribution is -2.44. The quantitative estimate of drug-likeness (QED) is 0.208. The number of carbonyl (C=O) groups is 1. The van der Waals surface area contributed by atoms with E-state index in [-0.39, 0.29) is 22.8 Å². The second-order valence-electron chi connectivity index (χ2n) is 10.8. The monoisotopic (exact) mass is 637 g/mol. The number of nitrogens with zero attached hydrogens (tertiary/aromatic N) is 3. The Balaban J connectivity index is 1.39. The van der Waals surface area contributed by atoms with E-state index in [0.717, 1.165) is 58.1 Å². The molecule has 6 rings (SSSR count). The van der Waals surface area contributed by atoms with Crippen LogP contribution in [-0.4, -0.2) is 40.0 Å². The maximum absolute atomic E-state index is 14.2. The van der Waals surface area contributed by atoms with Crippen LogP contribution in [0.25, 0.3) is 21.3 Å². The fraction of sp³-hybridized carbons (Fsp3) is 0.387. The van der Waals surface area contributed by atoms with Crippen molar-refractivity contribution >= 4 is 60.8 Å². The van der Waals surface area contributed by atoms with Crippen molar-refractivity contribution in [2.45, 2.75) is 69.5 Å². The molecule has 1 amide bonds. The summed E-state index contributed by atoms with van der Waals surface area (Å²) in [6, 6.07) is 12.4. The van der Waals surface area contributed by atoms with Crippen molar-refractivity contribution in [2.75, 3.05) is 18.1 Å². The molecule has 6 nitrogen and oxygen atoms in total. The number of rotatable bonds is 6. The van der Waals surface area contributed by atoms with Crippen molar-refractivity contribution in [1.82, 2.24) is 9.55 Å². The Kier molecular flexibility index (Phi) is 7.92. The van der Waals surface area contributed by atoms with E-state index in [1.807, 2.05) is 24.1 Å². The fourth-order valence-corrected chi connectivity index (χ4v) is 8.70. The van der Waals surface area contributed by atoms with E-state index < -0.39 is 0 Å². The van der Waals surface area contributed by atoms with Crippen LogP contribution in [-0.2, 0) is 16.1 Å². The highest BCUT2D eigenvalue weighted by Gasteiger charge is 2.34. The van der Waals surface area contributed by atoms with Crippen molar-refractivity contribution in [1.29, 1.82) is 0 Å². The number of piperidine rings is 1. The Bertz CT molecular complexity index is 1620. The standard InChI is InChI=1S/C31H32BrN3O3S2/c1-18-8-10-21(11-9-18)24-17-39-28-26(24)30(37)35(16-23-6-5-13-38-23)31(33-28)40-25-7-4-12-34(29(25)36)27-19(2)14-22(32)15-20(27)3/h8-11,14-15,17,23,25H,4-7,12-13,16H2,1-3H3. The summed E-state index contributed by atoms with van der Waals surface area (Å²) in [7, 11) is 0. The van der Waals surface area contributed by atoms with Gasteiger partial charge in [-0.05, 0) is 75.3 Å². The highest BCUT2D eigenvalue weighted by molar-refractivity contribution is 9.10. The first-order valence-corrected chi connectivity index (χ1v) is 16.3. The van der Waals surface area contributed by atoms with E-state index >= 15 is 0 Å². The van der Waals surface area contributed by atoms with Crippen molar-refractivity contribution in [3.63, 3.8) is 0 Å². The Morgan fingerprint density at radius 1 is 1.07 bits per heavy atom. The molecule has 2 aromatic carbocycles. The highest BCUT2D eigenvalue weighted by atomic mass is 79.9. The van der Waals surface area contributed by atoms with Gasteiger partial charge in [0.05, 0.1) is 23.3 Å². The lowest BCUT2D eigenvalue weighted by molar-refractivity contribution is -0.119. The molecule has 40 heavy (non-hydrogen) atoms. The van der Waals surface area contributed by atoms with Gasteiger partial charge in [0.15, 0.2) is 5.16 Å². The van der Waals surface area contributed by atoms with Crippen LogP contribution in [0.15, 0.2) is 56.2 Å². The number of anilines is 1. The molecule has 2 aliphatic rings. The first kappa shape index (κ1) is 27.7. The molecular formula is C31H32BrN3O3S2. The van der Waals surface area contributed by atoms with Gasteiger partial charge in [-0.25, -0.2) is 4.98 Å². The SMILES string of the molecule is Cc1ccc(-c2csc3nc(SC4CCCN(c5c(C)cc(Br)cc5C)C4=O)n(CC4CCCO4)c(=O)c23)cc1. The lowest BCUT2D eigenvalue weighted by atomic mass is 10.0. The smallest absolute Gasteiger partial charge is 0.263 e. The zero-order chi connectivity index (χ0) is 28.0. The van der Waals surface area contributed by atoms with E-state index in [2.05, 4.69) is 59.3 Å². The van der Waals surface area contributed by atoms with Crippen LogP contribution in [0.2, 0.25) is 0 Å². The van der Waals surface area contributed by atoms with Gasteiger partial charge in [0.2, 0.25) is 5.91 Å². The lowest BCUT2D eigenvalue weighted by Gasteiger charge is -2.34. The van der Waals surface area contributed by atoms with Crippen LogP contribution in [0.1, 0.15) is 42.4 Å². The van der Waals surface area contributed by atoms with E-state index in [0.29, 0.717) is 35.1 Å². The van der Waals surface area contributed by atoms with Crippen molar-refractivity contribution in [3.05, 3.63) is 73.3 Å². The van der Waals surface area contributed by atoms with E-state index in [9.17, 15) is 9.59 Å². The van der Waals surface area contributed by atoms with Gasteiger partial charge in [0.25, 0.3) is 5.56 Å². The first-order valence-electron chi connectivity index (χ1n) is 13.8. The summed E-state index contributed by atoms with van der Waals surface area (Å²) in [5, 5.41) is 2.97. The maximum Gasteiger partial charge on any atom is 0.263 e. The summed E-state index contributed by atoms with van der Waals surface area (Å²) < 4.78 is 8.72. The van der Waals surface area contributed by atoms with Gasteiger partial charge in [-0.1, -0.05) is 57.5 Å². The molecule has 4 heterocycles. The third-order valence-corrected chi connectivity index (χ3v) is 10.4. The van der Waals surface area contributed by atoms with Gasteiger partial charge in [-0.15, -0.1) is 11.3 Å². The molecule has 0 saturated carbocycles. The number of aromatic nitrogens is 2. The number of benzene rings is 2. The summed E-state index contributed by atoms with van der Waals surface area (Å²) in [6.07, 6.45) is 3.53. The summed E-state index contributed by atoms with van der Waals surface area (Å²) in [4.78, 5) is 35.7. The maximum atomic E-state index is 14.2. The summed E-state index contributed by atoms with van der Waals surface area (Å²) in [6.45, 7) is 8.01. The van der Waals surface area contributed by atoms with E-state index in [4.69, 9.17) is 9.72 Å². The number of halogens is 1. The molecule has 4 aromatic rings. The second kappa shape index (κ2) is 11.4. The summed E-state index contributed by atoms with van der Waals surface area (Å²) >= 11 is 6.50. The van der Waals surface area contributed by atoms with Crippen LogP contribution in [0.4, 0.5) is 5.69 Å². The second-order valence-corrected chi connectivity index (χ2v) is 13.7. The predicted octanol–water partition coefficient (Wildman–Crippen LogP) is 7.28. The van der Waals surface area contributed by atoms with Crippen molar-refractivity contribution in [2.24, 2.45) is 0 Å². The van der Waals surface area contributed by atoms with Gasteiger partial charge in [0.1, 0.15) is 4.83 Å². The minimum atomic E-state index is -0.312. The molecule has 0 spiro atoms. The van der Waals surface area contributed by atoms with Crippen LogP contribution in [0.5, 0.6) is 0 Å². The molecule has 0 bridgehead atoms. The number of hydrogen-bond donors (Lipinski definition) is 0. The highest BCUT2D eigenvalue weighted by Crippen LogP contribution is 2.37. The largest absolute Gasteiger partial charge is 0.376 e. The van der Waals surface area contributed by atoms with Crippen LogP contribution in [0, 0.1) is 20.8 Å². The van der Waals surface area contributed by atoms with Gasteiger partial charge >= 0.3 is 0 Å². The molecule has 2 aromatic heterocycles. The Morgan fingerprint density at radius 2 is 1.82 bits per heavy atom. The van der Waals surface area contributed by atoms with Gasteiger partial charge in [-0.3, -0.25) is 14.2 Å². The Hall–Kier alpha value is -2.46. The van der Waals surface area contributed by atoms with Crippen molar-refractivity contribution < 1.29 is 9.53 Å². The molecule has 2 saturated heterocycles. The van der Waals surface area contributed by atoms with Gasteiger partial charge < -0.3 is 9.64 Å². The first-order chi connectivity index (χ1) is 19.3. The summed E-state index contributed by atoms with van der Waals surface area (Å²) in [5.74, 6) is 0.0781. The number of ether oxygens (including phenoxy) is 1. The molecule has 0 radical (unpaired) electrons. The third-order valence-electron chi connectivity index (χ3n) is 7.79. The number of thiophene rings is 1. The van der Waals surface area contributed by atoms with Crippen LogP contribution < -0.4 is 10.5 Å². The average molecular weight is 639 g/mol. The molecule has 9 heteroatoms. The molecule has 208 valence electrons. The van der Waals surface area contributed by atoms with Gasteiger partial charge in [-0.2, -0.15) is 0 Å². The molecule has 2 aliphatic heterocycles. The van der Waals surface area contributed by atoms with Crippen LogP contribution >= 0.6 is 39.0 Å². The number of amides is 1. The number of carbonyl (C=O) groups excluding carboxylic acids is 1. The van der Waals surface area contributed by atoms with Gasteiger partial charge in [0, 0.05) is 34.3 Å². The Labute approximate surface area is 250 Å². The zero-order valence-electron chi connectivity index (χ0n) is 22.9. The van der Waals surface area contributed by atoms with Crippen molar-refractivity contribution in [3.8, 4) is 11.1 Å². The topological polar surface area (TPSA) is 64.4 Å². The fourth-order valence-electron chi connectivity index (χ4n) is 5.82. The van der Waals surface area contributed by atoms with E-state index in [1.165, 1.54) is 28.7 Å². The predicted molar refractivity (Wildman–Crippen MR) is 168 cm³/mol. The molecule has 0 N–H and O–H groups in total. The average Bonchev–Trinajstić information content (AvgIpc) is 3.58. The number of fused-ring (bicyclic) bond motifs is 1. The molecule has 2 fully saturated rings. The normalized spacial score (nSPS) is 19.6. The Morgan fingerprint density at radius 3 is 2.52 bits per heavy atom. The number of thioether (sulfide) groups is 1. The minimum absolute atomic E-state index is 0.0237. The zero-order valence-corrected chi connectivity index (χ0v) is 26.1. The summed E-state index contributed by atoms with van der Waals surface area (Å²) in [5.41, 5.74) is 6.18. The number of hydrogen-bond acceptors (Lipinski definition) is 6. The number of aryl methyl sites for hydroxylation is 3. The minimum Gasteiger partial charge on any atom is -0.376 e. The molecule has 2 unspecified atom stereocenters. The molecule has 2 atom stereocenters.